The molecule has 2 heterocycles. The number of rotatable bonds is 8. The van der Waals surface area contributed by atoms with Crippen molar-refractivity contribution in [2.24, 2.45) is 5.92 Å². The molecular formula is C24H33FN4O2. The van der Waals surface area contributed by atoms with E-state index in [4.69, 9.17) is 4.74 Å². The third-order valence-corrected chi connectivity index (χ3v) is 6.46. The van der Waals surface area contributed by atoms with E-state index in [0.717, 1.165) is 57.0 Å². The highest BCUT2D eigenvalue weighted by molar-refractivity contribution is 5.28. The van der Waals surface area contributed by atoms with Gasteiger partial charge in [0.15, 0.2) is 0 Å². The molecule has 2 aliphatic heterocycles. The molecule has 0 bridgehead atoms. The van der Waals surface area contributed by atoms with Crippen LogP contribution in [0.2, 0.25) is 0 Å². The second kappa shape index (κ2) is 10.5. The van der Waals surface area contributed by atoms with Gasteiger partial charge in [0, 0.05) is 57.8 Å². The molecule has 3 unspecified atom stereocenters. The Kier molecular flexibility index (Phi) is 7.53. The van der Waals surface area contributed by atoms with E-state index in [1.807, 2.05) is 18.2 Å². The Morgan fingerprint density at radius 3 is 2.84 bits per heavy atom. The third kappa shape index (κ3) is 5.61. The maximum absolute atomic E-state index is 13.7. The average Bonchev–Trinajstić information content (AvgIpc) is 3.24. The fourth-order valence-electron chi connectivity index (χ4n) is 4.85. The summed E-state index contributed by atoms with van der Waals surface area (Å²) in [7, 11) is 1.69. The van der Waals surface area contributed by atoms with E-state index < -0.39 is 0 Å². The zero-order valence-electron chi connectivity index (χ0n) is 18.1. The first-order chi connectivity index (χ1) is 15.2. The van der Waals surface area contributed by atoms with Crippen LogP contribution < -0.4 is 15.6 Å². The van der Waals surface area contributed by atoms with Crippen molar-refractivity contribution in [2.75, 3.05) is 46.4 Å². The van der Waals surface area contributed by atoms with E-state index >= 15 is 0 Å². The van der Waals surface area contributed by atoms with Gasteiger partial charge in [0.05, 0.1) is 13.2 Å². The Labute approximate surface area is 184 Å². The van der Waals surface area contributed by atoms with Crippen LogP contribution in [0.4, 0.5) is 4.39 Å². The Morgan fingerprint density at radius 2 is 2.03 bits per heavy atom. The third-order valence-electron chi connectivity index (χ3n) is 6.46. The molecule has 0 spiro atoms. The molecule has 2 fully saturated rings. The van der Waals surface area contributed by atoms with Crippen LogP contribution in [-0.4, -0.2) is 67.4 Å². The highest BCUT2D eigenvalue weighted by Crippen LogP contribution is 2.27. The van der Waals surface area contributed by atoms with Gasteiger partial charge in [-0.25, -0.2) is 9.82 Å². The lowest BCUT2D eigenvalue weighted by atomic mass is 9.93. The van der Waals surface area contributed by atoms with E-state index in [2.05, 4.69) is 32.8 Å². The lowest BCUT2D eigenvalue weighted by Gasteiger charge is -2.42. The first-order valence-corrected chi connectivity index (χ1v) is 11.1. The van der Waals surface area contributed by atoms with E-state index in [-0.39, 0.29) is 18.5 Å². The minimum atomic E-state index is -0.195. The first kappa shape index (κ1) is 22.2. The van der Waals surface area contributed by atoms with Crippen molar-refractivity contribution in [1.29, 1.82) is 0 Å². The van der Waals surface area contributed by atoms with E-state index in [1.54, 1.807) is 19.2 Å². The van der Waals surface area contributed by atoms with Crippen molar-refractivity contribution in [1.82, 2.24) is 20.7 Å². The van der Waals surface area contributed by atoms with Crippen LogP contribution in [0.1, 0.15) is 23.6 Å². The Morgan fingerprint density at radius 1 is 1.16 bits per heavy atom. The monoisotopic (exact) mass is 428 g/mol. The van der Waals surface area contributed by atoms with Gasteiger partial charge >= 0.3 is 0 Å². The van der Waals surface area contributed by atoms with Gasteiger partial charge in [-0.05, 0) is 41.8 Å². The molecule has 0 aromatic heterocycles. The van der Waals surface area contributed by atoms with Gasteiger partial charge in [0.25, 0.3) is 0 Å². The van der Waals surface area contributed by atoms with E-state index in [1.165, 1.54) is 11.6 Å². The lowest BCUT2D eigenvalue weighted by Crippen LogP contribution is -2.54. The zero-order valence-corrected chi connectivity index (χ0v) is 18.1. The molecule has 2 aromatic rings. The molecule has 31 heavy (non-hydrogen) atoms. The molecule has 3 N–H and O–H groups in total. The van der Waals surface area contributed by atoms with Crippen LogP contribution in [0.5, 0.6) is 5.75 Å². The fraction of sp³-hybridized carbons (Fsp3) is 0.500. The van der Waals surface area contributed by atoms with Gasteiger partial charge < -0.3 is 14.7 Å². The molecule has 3 atom stereocenters. The molecule has 0 amide bonds. The lowest BCUT2D eigenvalue weighted by molar-refractivity contribution is 0.0457. The summed E-state index contributed by atoms with van der Waals surface area (Å²) in [6, 6.07) is 15.5. The first-order valence-electron chi connectivity index (χ1n) is 11.1. The van der Waals surface area contributed by atoms with Crippen molar-refractivity contribution in [3.05, 3.63) is 65.5 Å². The summed E-state index contributed by atoms with van der Waals surface area (Å²) in [5.41, 5.74) is 8.79. The smallest absolute Gasteiger partial charge is 0.123 e. The SMILES string of the molecule is COc1cccc(CN2CCN(CC3CNNC3c3cccc(F)c3)CC2CCO)c1. The van der Waals surface area contributed by atoms with Crippen LogP contribution in [0.15, 0.2) is 48.5 Å². The van der Waals surface area contributed by atoms with Crippen molar-refractivity contribution in [2.45, 2.75) is 25.0 Å². The normalized spacial score (nSPS) is 25.1. The molecule has 2 saturated heterocycles. The number of halogens is 1. The Balaban J connectivity index is 1.38. The van der Waals surface area contributed by atoms with Crippen LogP contribution in [0.25, 0.3) is 0 Å². The van der Waals surface area contributed by atoms with Crippen LogP contribution in [0.3, 0.4) is 0 Å². The van der Waals surface area contributed by atoms with Crippen molar-refractivity contribution in [3.8, 4) is 5.75 Å². The molecular weight excluding hydrogens is 395 g/mol. The zero-order chi connectivity index (χ0) is 21.6. The van der Waals surface area contributed by atoms with Gasteiger partial charge in [-0.2, -0.15) is 0 Å². The molecule has 4 rings (SSSR count). The van der Waals surface area contributed by atoms with Crippen LogP contribution in [0, 0.1) is 11.7 Å². The summed E-state index contributed by atoms with van der Waals surface area (Å²) in [5, 5.41) is 9.65. The van der Waals surface area contributed by atoms with Gasteiger partial charge in [0.2, 0.25) is 0 Å². The van der Waals surface area contributed by atoms with Crippen molar-refractivity contribution < 1.29 is 14.2 Å². The Bertz CT molecular complexity index is 852. The molecule has 0 radical (unpaired) electrons. The summed E-state index contributed by atoms with van der Waals surface area (Å²) in [4.78, 5) is 4.96. The number of benzene rings is 2. The largest absolute Gasteiger partial charge is 0.497 e. The van der Waals surface area contributed by atoms with Crippen LogP contribution in [-0.2, 0) is 6.54 Å². The summed E-state index contributed by atoms with van der Waals surface area (Å²) >= 11 is 0. The topological polar surface area (TPSA) is 60.0 Å². The molecule has 6 nitrogen and oxygen atoms in total. The predicted molar refractivity (Wildman–Crippen MR) is 119 cm³/mol. The van der Waals surface area contributed by atoms with Gasteiger partial charge in [0.1, 0.15) is 11.6 Å². The van der Waals surface area contributed by atoms with Gasteiger partial charge in [-0.3, -0.25) is 10.3 Å². The van der Waals surface area contributed by atoms with E-state index in [0.29, 0.717) is 12.0 Å². The standard InChI is InChI=1S/C24H33FN4O2/c1-31-23-7-2-4-18(12-23)15-29-10-9-28(17-22(29)8-11-30)16-20-14-26-27-24(20)19-5-3-6-21(25)13-19/h2-7,12-13,20,22,24,26-27,30H,8-11,14-17H2,1H3. The highest BCUT2D eigenvalue weighted by atomic mass is 19.1. The molecule has 2 aliphatic rings. The predicted octanol–water partition coefficient (Wildman–Crippen LogP) is 2.17. The Hall–Kier alpha value is -2.03. The average molecular weight is 429 g/mol. The number of hydrogen-bond donors (Lipinski definition) is 3. The number of hydrazine groups is 1. The minimum Gasteiger partial charge on any atom is -0.497 e. The minimum absolute atomic E-state index is 0.0989. The number of aliphatic hydroxyl groups excluding tert-OH is 1. The quantitative estimate of drug-likeness (QED) is 0.599. The summed E-state index contributed by atoms with van der Waals surface area (Å²) in [5.74, 6) is 1.04. The molecule has 0 aliphatic carbocycles. The molecule has 7 heteroatoms. The number of nitrogens with zero attached hydrogens (tertiary/aromatic N) is 2. The van der Waals surface area contributed by atoms with Gasteiger partial charge in [-0.1, -0.05) is 24.3 Å². The number of piperazine rings is 1. The summed E-state index contributed by atoms with van der Waals surface area (Å²) in [6.07, 6.45) is 0.759. The molecule has 2 aromatic carbocycles. The second-order valence-corrected chi connectivity index (χ2v) is 8.57. The number of ether oxygens (including phenoxy) is 1. The maximum atomic E-state index is 13.7. The fourth-order valence-corrected chi connectivity index (χ4v) is 4.85. The highest BCUT2D eigenvalue weighted by Gasteiger charge is 2.33. The number of methoxy groups -OCH3 is 1. The van der Waals surface area contributed by atoms with Gasteiger partial charge in [-0.15, -0.1) is 0 Å². The van der Waals surface area contributed by atoms with E-state index in [9.17, 15) is 9.50 Å². The van der Waals surface area contributed by atoms with Crippen molar-refractivity contribution >= 4 is 0 Å². The van der Waals surface area contributed by atoms with Crippen molar-refractivity contribution in [3.63, 3.8) is 0 Å². The number of hydrogen-bond acceptors (Lipinski definition) is 6. The summed E-state index contributed by atoms with van der Waals surface area (Å²) < 4.78 is 19.1. The second-order valence-electron chi connectivity index (χ2n) is 8.57. The van der Waals surface area contributed by atoms with Crippen LogP contribution >= 0.6 is 0 Å². The maximum Gasteiger partial charge on any atom is 0.123 e. The number of aliphatic hydroxyl groups is 1. The summed E-state index contributed by atoms with van der Waals surface area (Å²) in [6.45, 7) is 5.71. The molecule has 0 saturated carbocycles. The molecule has 168 valence electrons. The number of nitrogens with one attached hydrogen (secondary N) is 2.